The van der Waals surface area contributed by atoms with Crippen molar-refractivity contribution in [2.75, 3.05) is 19.7 Å². The Balaban J connectivity index is 1.89. The van der Waals surface area contributed by atoms with Gasteiger partial charge in [-0.25, -0.2) is 0 Å². The molecule has 1 unspecified atom stereocenters. The van der Waals surface area contributed by atoms with Crippen LogP contribution in [-0.2, 0) is 0 Å². The summed E-state index contributed by atoms with van der Waals surface area (Å²) in [6.45, 7) is 6.74. The number of aliphatic hydroxyl groups is 1. The highest BCUT2D eigenvalue weighted by Gasteiger charge is 2.29. The standard InChI is InChI=1S/C16H25NO2/c1-3-11-19-15-9-5-13(6-10-15)16(18)12-17(4-2)14-7-8-14/h5-6,9-10,14,16,18H,3-4,7-8,11-12H2,1-2H3. The Labute approximate surface area is 116 Å². The maximum atomic E-state index is 10.3. The monoisotopic (exact) mass is 263 g/mol. The first-order valence-corrected chi connectivity index (χ1v) is 7.39. The highest BCUT2D eigenvalue weighted by molar-refractivity contribution is 5.28. The van der Waals surface area contributed by atoms with Gasteiger partial charge in [0.1, 0.15) is 5.75 Å². The van der Waals surface area contributed by atoms with E-state index in [9.17, 15) is 5.11 Å². The van der Waals surface area contributed by atoms with E-state index < -0.39 is 6.10 Å². The van der Waals surface area contributed by atoms with Crippen molar-refractivity contribution in [2.24, 2.45) is 0 Å². The minimum atomic E-state index is -0.402. The first kappa shape index (κ1) is 14.4. The summed E-state index contributed by atoms with van der Waals surface area (Å²) >= 11 is 0. The molecule has 1 aliphatic carbocycles. The topological polar surface area (TPSA) is 32.7 Å². The molecule has 0 aromatic heterocycles. The third-order valence-corrected chi connectivity index (χ3v) is 3.61. The highest BCUT2D eigenvalue weighted by Crippen LogP contribution is 2.28. The molecule has 1 atom stereocenters. The number of nitrogens with zero attached hydrogens (tertiary/aromatic N) is 1. The summed E-state index contributed by atoms with van der Waals surface area (Å²) in [5, 5.41) is 10.3. The zero-order valence-corrected chi connectivity index (χ0v) is 12.0. The number of benzene rings is 1. The highest BCUT2D eigenvalue weighted by atomic mass is 16.5. The molecule has 1 aromatic carbocycles. The lowest BCUT2D eigenvalue weighted by Gasteiger charge is -2.23. The van der Waals surface area contributed by atoms with Gasteiger partial charge in [0.15, 0.2) is 0 Å². The molecule has 0 spiro atoms. The molecule has 1 aromatic rings. The second-order valence-electron chi connectivity index (χ2n) is 5.25. The number of hydrogen-bond donors (Lipinski definition) is 1. The van der Waals surface area contributed by atoms with E-state index >= 15 is 0 Å². The quantitative estimate of drug-likeness (QED) is 0.782. The van der Waals surface area contributed by atoms with Gasteiger partial charge in [-0.15, -0.1) is 0 Å². The molecule has 0 amide bonds. The second-order valence-corrected chi connectivity index (χ2v) is 5.25. The van der Waals surface area contributed by atoms with Gasteiger partial charge in [-0.05, 0) is 43.5 Å². The first-order valence-electron chi connectivity index (χ1n) is 7.39. The Morgan fingerprint density at radius 1 is 1.26 bits per heavy atom. The summed E-state index contributed by atoms with van der Waals surface area (Å²) in [5.74, 6) is 0.882. The molecular formula is C16H25NO2. The van der Waals surface area contributed by atoms with Crippen molar-refractivity contribution in [3.63, 3.8) is 0 Å². The van der Waals surface area contributed by atoms with E-state index in [1.54, 1.807) is 0 Å². The minimum Gasteiger partial charge on any atom is -0.494 e. The molecule has 0 aliphatic heterocycles. The molecule has 0 heterocycles. The van der Waals surface area contributed by atoms with Crippen LogP contribution in [0.15, 0.2) is 24.3 Å². The predicted octanol–water partition coefficient (Wildman–Crippen LogP) is 2.99. The van der Waals surface area contributed by atoms with E-state index in [0.717, 1.165) is 37.4 Å². The summed E-state index contributed by atoms with van der Waals surface area (Å²) in [7, 11) is 0. The van der Waals surface area contributed by atoms with Crippen LogP contribution in [0.25, 0.3) is 0 Å². The van der Waals surface area contributed by atoms with Crippen molar-refractivity contribution < 1.29 is 9.84 Å². The zero-order valence-electron chi connectivity index (χ0n) is 12.0. The molecular weight excluding hydrogens is 238 g/mol. The van der Waals surface area contributed by atoms with Gasteiger partial charge in [-0.1, -0.05) is 26.0 Å². The molecule has 3 heteroatoms. The van der Waals surface area contributed by atoms with E-state index in [1.807, 2.05) is 24.3 Å². The van der Waals surface area contributed by atoms with Gasteiger partial charge in [0.2, 0.25) is 0 Å². The summed E-state index contributed by atoms with van der Waals surface area (Å²) in [5.41, 5.74) is 0.975. The zero-order chi connectivity index (χ0) is 13.7. The largest absolute Gasteiger partial charge is 0.494 e. The second kappa shape index (κ2) is 6.92. The maximum absolute atomic E-state index is 10.3. The molecule has 0 saturated heterocycles. The van der Waals surface area contributed by atoms with Gasteiger partial charge in [-0.2, -0.15) is 0 Å². The van der Waals surface area contributed by atoms with Crippen LogP contribution in [0.3, 0.4) is 0 Å². The Morgan fingerprint density at radius 3 is 2.47 bits per heavy atom. The number of likely N-dealkylation sites (N-methyl/N-ethyl adjacent to an activating group) is 1. The maximum Gasteiger partial charge on any atom is 0.119 e. The Morgan fingerprint density at radius 2 is 1.95 bits per heavy atom. The van der Waals surface area contributed by atoms with Crippen LogP contribution >= 0.6 is 0 Å². The number of ether oxygens (including phenoxy) is 1. The fourth-order valence-corrected chi connectivity index (χ4v) is 2.31. The van der Waals surface area contributed by atoms with Crippen molar-refractivity contribution >= 4 is 0 Å². The third kappa shape index (κ3) is 4.22. The average Bonchev–Trinajstić information content (AvgIpc) is 3.27. The molecule has 0 bridgehead atoms. The van der Waals surface area contributed by atoms with Crippen molar-refractivity contribution in [3.05, 3.63) is 29.8 Å². The fourth-order valence-electron chi connectivity index (χ4n) is 2.31. The summed E-state index contributed by atoms with van der Waals surface area (Å²) < 4.78 is 5.55. The molecule has 1 aliphatic rings. The smallest absolute Gasteiger partial charge is 0.119 e. The van der Waals surface area contributed by atoms with Crippen LogP contribution in [0.5, 0.6) is 5.75 Å². The van der Waals surface area contributed by atoms with Crippen LogP contribution in [0.2, 0.25) is 0 Å². The Kier molecular flexibility index (Phi) is 5.23. The molecule has 1 saturated carbocycles. The van der Waals surface area contributed by atoms with Gasteiger partial charge < -0.3 is 9.84 Å². The van der Waals surface area contributed by atoms with E-state index in [0.29, 0.717) is 6.04 Å². The molecule has 19 heavy (non-hydrogen) atoms. The summed E-state index contributed by atoms with van der Waals surface area (Å²) in [6.07, 6.45) is 3.17. The van der Waals surface area contributed by atoms with E-state index in [1.165, 1.54) is 12.8 Å². The van der Waals surface area contributed by atoms with Gasteiger partial charge in [0.05, 0.1) is 12.7 Å². The molecule has 3 nitrogen and oxygen atoms in total. The van der Waals surface area contributed by atoms with Crippen molar-refractivity contribution in [1.82, 2.24) is 4.90 Å². The van der Waals surface area contributed by atoms with Crippen LogP contribution in [0.4, 0.5) is 0 Å². The Hall–Kier alpha value is -1.06. The van der Waals surface area contributed by atoms with Gasteiger partial charge in [-0.3, -0.25) is 4.90 Å². The summed E-state index contributed by atoms with van der Waals surface area (Å²) in [4.78, 5) is 2.37. The van der Waals surface area contributed by atoms with Crippen LogP contribution in [-0.4, -0.2) is 35.7 Å². The number of hydrogen-bond acceptors (Lipinski definition) is 3. The molecule has 2 rings (SSSR count). The van der Waals surface area contributed by atoms with Gasteiger partial charge in [0.25, 0.3) is 0 Å². The van der Waals surface area contributed by atoms with Crippen molar-refractivity contribution in [3.8, 4) is 5.75 Å². The molecule has 1 fully saturated rings. The van der Waals surface area contributed by atoms with Crippen LogP contribution < -0.4 is 4.74 Å². The average molecular weight is 263 g/mol. The van der Waals surface area contributed by atoms with E-state index in [-0.39, 0.29) is 0 Å². The normalized spacial score (nSPS) is 16.6. The van der Waals surface area contributed by atoms with Crippen LogP contribution in [0.1, 0.15) is 44.8 Å². The third-order valence-electron chi connectivity index (χ3n) is 3.61. The Bertz CT molecular complexity index is 373. The lowest BCUT2D eigenvalue weighted by atomic mass is 10.1. The van der Waals surface area contributed by atoms with Crippen LogP contribution in [0, 0.1) is 0 Å². The first-order chi connectivity index (χ1) is 9.24. The van der Waals surface area contributed by atoms with Crippen molar-refractivity contribution in [1.29, 1.82) is 0 Å². The number of rotatable bonds is 8. The van der Waals surface area contributed by atoms with E-state index in [2.05, 4.69) is 18.7 Å². The van der Waals surface area contributed by atoms with Crippen molar-refractivity contribution in [2.45, 2.75) is 45.3 Å². The predicted molar refractivity (Wildman–Crippen MR) is 77.5 cm³/mol. The van der Waals surface area contributed by atoms with E-state index in [4.69, 9.17) is 4.74 Å². The fraction of sp³-hybridized carbons (Fsp3) is 0.625. The molecule has 1 N–H and O–H groups in total. The lowest BCUT2D eigenvalue weighted by molar-refractivity contribution is 0.112. The molecule has 0 radical (unpaired) electrons. The minimum absolute atomic E-state index is 0.402. The SMILES string of the molecule is CCCOc1ccc(C(O)CN(CC)C2CC2)cc1. The van der Waals surface area contributed by atoms with Gasteiger partial charge >= 0.3 is 0 Å². The van der Waals surface area contributed by atoms with Gasteiger partial charge in [0, 0.05) is 12.6 Å². The number of aliphatic hydroxyl groups excluding tert-OH is 1. The molecule has 106 valence electrons. The summed E-state index contributed by atoms with van der Waals surface area (Å²) in [6, 6.07) is 8.53. The lowest BCUT2D eigenvalue weighted by Crippen LogP contribution is -2.30.